The molecule has 10 nitrogen and oxygen atoms in total. The quantitative estimate of drug-likeness (QED) is 0.173. The molecule has 6 aromatic carbocycles. The zero-order valence-electron chi connectivity index (χ0n) is 34.0. The zero-order chi connectivity index (χ0) is 41.5. The maximum absolute atomic E-state index is 11.2. The van der Waals surface area contributed by atoms with Gasteiger partial charge in [0.2, 0.25) is 0 Å². The van der Waals surface area contributed by atoms with Crippen LogP contribution in [-0.4, -0.2) is 71.2 Å². The number of aromatic carboxylic acids is 2. The molecule has 0 N–H and O–H groups in total. The van der Waals surface area contributed by atoms with E-state index in [9.17, 15) is 30.0 Å². The van der Waals surface area contributed by atoms with Gasteiger partial charge in [-0.15, -0.1) is 11.5 Å². The van der Waals surface area contributed by atoms with Crippen LogP contribution in [-0.2, 0) is 11.0 Å². The smallest absolute Gasteiger partial charge is 2.00 e. The monoisotopic (exact) mass is 1040 g/mol. The van der Waals surface area contributed by atoms with Crippen molar-refractivity contribution in [3.8, 4) is 0 Å². The molecule has 6 aromatic rings. The molecule has 0 unspecified atom stereocenters. The van der Waals surface area contributed by atoms with Crippen molar-refractivity contribution < 1.29 is 41.0 Å². The minimum atomic E-state index is -1.26. The third kappa shape index (κ3) is 26.4. The van der Waals surface area contributed by atoms with Crippen LogP contribution in [0.1, 0.15) is 59.2 Å². The number of carbonyl (C=O) groups excluding carboxylic acids is 2. The van der Waals surface area contributed by atoms with Gasteiger partial charge in [-0.25, -0.2) is 0 Å². The molecule has 0 aliphatic heterocycles. The average molecular weight is 1040 g/mol. The SMILES string of the molecule is O=C([O-])c1ccccc1N=C1C=C([O-])CCC1.O=C([O-])c1ccccc1N=C1C=C([O-])CCC1.[O-2].[O-2].[Sn+4].[Sn+4].c1ccccc1.c1ccccc1.c1ccccc1.c1ccccc1. The molecule has 0 radical (unpaired) electrons. The Morgan fingerprint density at radius 2 is 0.597 bits per heavy atom. The molecule has 2 aliphatic carbocycles. The first-order valence-electron chi connectivity index (χ1n) is 18.8. The van der Waals surface area contributed by atoms with E-state index >= 15 is 0 Å². The molecule has 0 spiro atoms. The third-order valence-corrected chi connectivity index (χ3v) is 7.81. The summed E-state index contributed by atoms with van der Waals surface area (Å²) in [6.45, 7) is 0. The van der Waals surface area contributed by atoms with Gasteiger partial charge in [-0.05, 0) is 50.7 Å². The Bertz CT molecular complexity index is 1840. The summed E-state index contributed by atoms with van der Waals surface area (Å²) in [4.78, 5) is 30.2. The fourth-order valence-corrected chi connectivity index (χ4v) is 5.06. The largest absolute Gasteiger partial charge is 4.00 e. The van der Waals surface area contributed by atoms with Crippen molar-refractivity contribution in [3.05, 3.63) is 229 Å². The maximum Gasteiger partial charge on any atom is 4.00 e. The summed E-state index contributed by atoms with van der Waals surface area (Å²) in [6.07, 6.45) is 6.98. The second-order valence-electron chi connectivity index (χ2n) is 12.4. The van der Waals surface area contributed by atoms with Crippen molar-refractivity contribution in [1.82, 2.24) is 0 Å². The number of aliphatic imine (C=N–C) groups is 2. The van der Waals surface area contributed by atoms with E-state index in [1.807, 2.05) is 146 Å². The Balaban J connectivity index is 0. The number of carboxylic acids is 2. The average Bonchev–Trinajstić information content (AvgIpc) is 3.27. The van der Waals surface area contributed by atoms with Crippen molar-refractivity contribution in [1.29, 1.82) is 0 Å². The van der Waals surface area contributed by atoms with Gasteiger partial charge in [0, 0.05) is 22.6 Å². The fourth-order valence-electron chi connectivity index (χ4n) is 5.06. The molecule has 8 rings (SSSR count). The molecular formula is C50H46N2O8Sn2. The predicted molar refractivity (Wildman–Crippen MR) is 238 cm³/mol. The van der Waals surface area contributed by atoms with Crippen molar-refractivity contribution in [3.63, 3.8) is 0 Å². The van der Waals surface area contributed by atoms with Gasteiger partial charge >= 0.3 is 47.8 Å². The molecule has 0 atom stereocenters. The summed E-state index contributed by atoms with van der Waals surface area (Å²) in [5.74, 6) is -2.43. The van der Waals surface area contributed by atoms with Gasteiger partial charge in [0.25, 0.3) is 0 Å². The fraction of sp³-hybridized carbons (Fsp3) is 0.120. The van der Waals surface area contributed by atoms with Crippen molar-refractivity contribution in [2.75, 3.05) is 0 Å². The van der Waals surface area contributed by atoms with E-state index in [-0.39, 0.29) is 81.4 Å². The van der Waals surface area contributed by atoms with Crippen molar-refractivity contribution >= 4 is 82.6 Å². The summed E-state index contributed by atoms with van der Waals surface area (Å²) in [7, 11) is 0. The molecular weight excluding hydrogens is 994 g/mol. The Morgan fingerprint density at radius 1 is 0.371 bits per heavy atom. The van der Waals surface area contributed by atoms with E-state index in [1.54, 1.807) is 36.4 Å². The molecule has 0 saturated heterocycles. The Labute approximate surface area is 398 Å². The van der Waals surface area contributed by atoms with Gasteiger partial charge in [-0.1, -0.05) is 194 Å². The van der Waals surface area contributed by atoms with Gasteiger partial charge in [-0.3, -0.25) is 9.98 Å². The van der Waals surface area contributed by atoms with E-state index in [4.69, 9.17) is 0 Å². The topological polar surface area (TPSA) is 208 Å². The molecule has 0 bridgehead atoms. The number of carbonyl (C=O) groups is 2. The van der Waals surface area contributed by atoms with E-state index < -0.39 is 11.9 Å². The second-order valence-corrected chi connectivity index (χ2v) is 12.4. The molecule has 0 heterocycles. The molecule has 12 heteroatoms. The van der Waals surface area contributed by atoms with Crippen LogP contribution in [0.5, 0.6) is 0 Å². The van der Waals surface area contributed by atoms with Crippen LogP contribution in [0, 0.1) is 0 Å². The van der Waals surface area contributed by atoms with Crippen molar-refractivity contribution in [2.45, 2.75) is 38.5 Å². The van der Waals surface area contributed by atoms with Crippen LogP contribution in [0.25, 0.3) is 0 Å². The second kappa shape index (κ2) is 37.0. The van der Waals surface area contributed by atoms with Gasteiger partial charge < -0.3 is 41.0 Å². The molecule has 312 valence electrons. The predicted octanol–water partition coefficient (Wildman–Crippen LogP) is 6.85. The van der Waals surface area contributed by atoms with Crippen LogP contribution in [0.3, 0.4) is 0 Å². The molecule has 0 saturated carbocycles. The number of para-hydroxylation sites is 2. The van der Waals surface area contributed by atoms with E-state index in [2.05, 4.69) is 9.98 Å². The number of hydrogen-bond donors (Lipinski definition) is 0. The summed E-state index contributed by atoms with van der Waals surface area (Å²) in [5.41, 5.74) is 2.05. The van der Waals surface area contributed by atoms with Gasteiger partial charge in [0.1, 0.15) is 0 Å². The summed E-state index contributed by atoms with van der Waals surface area (Å²) >= 11 is 0. The first-order valence-corrected chi connectivity index (χ1v) is 18.8. The molecule has 0 fully saturated rings. The van der Waals surface area contributed by atoms with Crippen LogP contribution < -0.4 is 20.4 Å². The Kier molecular flexibility index (Phi) is 34.8. The van der Waals surface area contributed by atoms with E-state index in [0.717, 1.165) is 12.8 Å². The van der Waals surface area contributed by atoms with Gasteiger partial charge in [-0.2, -0.15) is 0 Å². The first-order chi connectivity index (χ1) is 28.3. The summed E-state index contributed by atoms with van der Waals surface area (Å²) in [6, 6.07) is 60.7. The number of benzene rings is 6. The van der Waals surface area contributed by atoms with E-state index in [0.29, 0.717) is 48.5 Å². The van der Waals surface area contributed by atoms with Crippen LogP contribution in [0.15, 0.2) is 228 Å². The number of hydrogen-bond acceptors (Lipinski definition) is 8. The minimum Gasteiger partial charge on any atom is -2.00 e. The van der Waals surface area contributed by atoms with Crippen LogP contribution >= 0.6 is 0 Å². The van der Waals surface area contributed by atoms with E-state index in [1.165, 1.54) is 24.3 Å². The Morgan fingerprint density at radius 3 is 0.806 bits per heavy atom. The Hall–Kier alpha value is -5.80. The molecule has 0 aromatic heterocycles. The summed E-state index contributed by atoms with van der Waals surface area (Å²) in [5, 5.41) is 44.2. The van der Waals surface area contributed by atoms with Crippen LogP contribution in [0.2, 0.25) is 0 Å². The molecule has 2 aliphatic rings. The third-order valence-electron chi connectivity index (χ3n) is 7.81. The number of carboxylic acid groups (broad SMARTS) is 2. The van der Waals surface area contributed by atoms with Gasteiger partial charge in [0.15, 0.2) is 0 Å². The van der Waals surface area contributed by atoms with Gasteiger partial charge in [0.05, 0.1) is 23.3 Å². The first kappa shape index (κ1) is 58.3. The summed E-state index contributed by atoms with van der Waals surface area (Å²) < 4.78 is 0. The standard InChI is InChI=1S/2C13H13NO3.4C6H6.2O.2Sn/c2*15-10-5-3-4-9(8-10)14-12-7-2-1-6-11(12)13(16)17;4*1-2-4-6-5-3-1;;;;/h2*1-2,6-8,15H,3-5H2,(H,16,17);4*1-6H;;;;/q;;;;;;2*-2;2*+4/p-4. The number of allylic oxidation sites excluding steroid dienone is 4. The zero-order valence-corrected chi connectivity index (χ0v) is 39.7. The minimum absolute atomic E-state index is 0. The van der Waals surface area contributed by atoms with Crippen LogP contribution in [0.4, 0.5) is 11.4 Å². The maximum atomic E-state index is 11.2. The number of rotatable bonds is 4. The normalized spacial score (nSPS) is 12.9. The van der Waals surface area contributed by atoms with Crippen molar-refractivity contribution in [2.24, 2.45) is 9.98 Å². The molecule has 0 amide bonds. The molecule has 62 heavy (non-hydrogen) atoms. The number of nitrogens with zero attached hydrogens (tertiary/aromatic N) is 2.